The fraction of sp³-hybridized carbons (Fsp3) is 0.320. The topological polar surface area (TPSA) is 91.8 Å². The third kappa shape index (κ3) is 5.91. The Morgan fingerprint density at radius 1 is 0.941 bits per heavy atom. The summed E-state index contributed by atoms with van der Waals surface area (Å²) in [4.78, 5) is 23.9. The zero-order chi connectivity index (χ0) is 24.1. The number of benzene rings is 1. The first kappa shape index (κ1) is 23.7. The highest BCUT2D eigenvalue weighted by Gasteiger charge is 2.32. The molecule has 0 saturated heterocycles. The van der Waals surface area contributed by atoms with Crippen LogP contribution in [0.5, 0.6) is 0 Å². The summed E-state index contributed by atoms with van der Waals surface area (Å²) in [6.07, 6.45) is 2.88. The minimum Gasteiger partial charge on any atom is -0.353 e. The number of alkyl halides is 3. The Hall–Kier alpha value is -3.46. The van der Waals surface area contributed by atoms with Gasteiger partial charge in [-0.3, -0.25) is 9.82 Å². The lowest BCUT2D eigenvalue weighted by atomic mass is 9.77. The van der Waals surface area contributed by atoms with Crippen molar-refractivity contribution in [3.8, 4) is 11.3 Å². The molecule has 1 aliphatic carbocycles. The highest BCUT2D eigenvalue weighted by Crippen LogP contribution is 2.37. The maximum Gasteiger partial charge on any atom is 0.433 e. The molecule has 6 nitrogen and oxygen atoms in total. The molecular formula is C25H26F3N4O2+. The lowest BCUT2D eigenvalue weighted by Crippen LogP contribution is -2.51. The number of pyridine rings is 2. The molecule has 0 amide bonds. The Morgan fingerprint density at radius 2 is 1.59 bits per heavy atom. The maximum atomic E-state index is 12.6. The molecule has 4 N–H and O–H groups in total. The van der Waals surface area contributed by atoms with Crippen molar-refractivity contribution in [2.45, 2.75) is 44.2 Å². The van der Waals surface area contributed by atoms with Crippen molar-refractivity contribution in [3.05, 3.63) is 72.2 Å². The zero-order valence-corrected chi connectivity index (χ0v) is 18.5. The van der Waals surface area contributed by atoms with Gasteiger partial charge in [-0.05, 0) is 67.3 Å². The number of anilines is 2. The summed E-state index contributed by atoms with van der Waals surface area (Å²) in [5.41, 5.74) is 3.25. The van der Waals surface area contributed by atoms with Gasteiger partial charge in [0.05, 0.1) is 35.9 Å². The summed E-state index contributed by atoms with van der Waals surface area (Å²) >= 11 is 0. The highest BCUT2D eigenvalue weighted by molar-refractivity contribution is 5.68. The van der Waals surface area contributed by atoms with Gasteiger partial charge < -0.3 is 5.32 Å². The Bertz CT molecular complexity index is 1090. The van der Waals surface area contributed by atoms with E-state index >= 15 is 0 Å². The van der Waals surface area contributed by atoms with Crippen LogP contribution in [0.2, 0.25) is 0 Å². The smallest absolute Gasteiger partial charge is 0.353 e. The number of nitrogens with one attached hydrogen (secondary N) is 1. The van der Waals surface area contributed by atoms with E-state index in [1.807, 2.05) is 12.1 Å². The van der Waals surface area contributed by atoms with E-state index in [0.717, 1.165) is 49.2 Å². The van der Waals surface area contributed by atoms with Gasteiger partial charge in [0.2, 0.25) is 0 Å². The summed E-state index contributed by atoms with van der Waals surface area (Å²) in [6, 6.07) is 14.3. The summed E-state index contributed by atoms with van der Waals surface area (Å²) in [6.45, 7) is 0. The van der Waals surface area contributed by atoms with Crippen LogP contribution in [0.4, 0.5) is 24.5 Å². The number of nitrogens with zero attached hydrogens (tertiary/aromatic N) is 2. The van der Waals surface area contributed by atoms with Crippen LogP contribution in [-0.2, 0) is 15.8 Å². The van der Waals surface area contributed by atoms with Crippen molar-refractivity contribution in [2.75, 3.05) is 5.32 Å². The van der Waals surface area contributed by atoms with E-state index in [0.29, 0.717) is 29.6 Å². The van der Waals surface area contributed by atoms with Crippen molar-refractivity contribution in [3.63, 3.8) is 0 Å². The lowest BCUT2D eigenvalue weighted by Gasteiger charge is -2.28. The minimum absolute atomic E-state index is 0.238. The van der Waals surface area contributed by atoms with Gasteiger partial charge >= 0.3 is 12.1 Å². The number of hydrogen-bond acceptors (Lipinski definition) is 5. The van der Waals surface area contributed by atoms with Crippen LogP contribution in [0.15, 0.2) is 60.9 Å². The fourth-order valence-corrected chi connectivity index (χ4v) is 4.36. The molecule has 34 heavy (non-hydrogen) atoms. The highest BCUT2D eigenvalue weighted by atomic mass is 19.4. The molecule has 3 aromatic rings. The summed E-state index contributed by atoms with van der Waals surface area (Å²) in [7, 11) is 0. The molecular weight excluding hydrogens is 445 g/mol. The van der Waals surface area contributed by atoms with Gasteiger partial charge in [0.1, 0.15) is 5.69 Å². The molecule has 0 unspecified atom stereocenters. The van der Waals surface area contributed by atoms with Crippen LogP contribution < -0.4 is 11.2 Å². The van der Waals surface area contributed by atoms with Crippen molar-refractivity contribution in [1.82, 2.24) is 9.97 Å². The van der Waals surface area contributed by atoms with Gasteiger partial charge in [0.25, 0.3) is 0 Å². The molecule has 4 rings (SSSR count). The second-order valence-corrected chi connectivity index (χ2v) is 8.55. The molecule has 1 aliphatic rings. The lowest BCUT2D eigenvalue weighted by molar-refractivity contribution is -0.657. The van der Waals surface area contributed by atoms with Crippen molar-refractivity contribution >= 4 is 17.3 Å². The van der Waals surface area contributed by atoms with E-state index in [-0.39, 0.29) is 5.97 Å². The van der Waals surface area contributed by atoms with Gasteiger partial charge in [0.15, 0.2) is 0 Å². The number of quaternary nitrogens is 1. The molecule has 2 heterocycles. The Balaban J connectivity index is 1.34. The Morgan fingerprint density at radius 3 is 2.12 bits per heavy atom. The summed E-state index contributed by atoms with van der Waals surface area (Å²) in [5.74, 6) is 3.81. The van der Waals surface area contributed by atoms with E-state index in [9.17, 15) is 18.0 Å². The summed E-state index contributed by atoms with van der Waals surface area (Å²) in [5, 5.41) is 3.01. The molecule has 1 saturated carbocycles. The van der Waals surface area contributed by atoms with E-state index in [2.05, 4.69) is 50.3 Å². The van der Waals surface area contributed by atoms with E-state index in [4.69, 9.17) is 0 Å². The average molecular weight is 472 g/mol. The van der Waals surface area contributed by atoms with Crippen LogP contribution in [0.1, 0.15) is 49.3 Å². The van der Waals surface area contributed by atoms with Gasteiger partial charge in [-0.25, -0.2) is 9.78 Å². The molecule has 0 radical (unpaired) electrons. The summed E-state index contributed by atoms with van der Waals surface area (Å²) < 4.78 is 37.9. The first-order valence-electron chi connectivity index (χ1n) is 11.1. The van der Waals surface area contributed by atoms with Crippen LogP contribution in [0.25, 0.3) is 11.3 Å². The second kappa shape index (κ2) is 10.2. The predicted octanol–water partition coefficient (Wildman–Crippen LogP) is 5.27. The van der Waals surface area contributed by atoms with E-state index in [1.54, 1.807) is 6.20 Å². The normalized spacial score (nSPS) is 18.4. The average Bonchev–Trinajstić information content (AvgIpc) is 2.85. The van der Waals surface area contributed by atoms with Crippen LogP contribution in [0, 0.1) is 5.92 Å². The SMILES string of the molecule is [NH3+]OC(=O)CC1CCC(c2ccc(-c3ccc(Nc4ccc(C(F)(F)F)nc4)cn3)cc2)CC1. The van der Waals surface area contributed by atoms with Crippen LogP contribution in [-0.4, -0.2) is 15.9 Å². The Labute approximate surface area is 195 Å². The van der Waals surface area contributed by atoms with Crippen molar-refractivity contribution < 1.29 is 28.7 Å². The standard InChI is InChI=1S/C25H26F3N4O2/c26-25(27,28)23-12-10-21(15-31-23)32-20-9-11-22(30-14-20)19-7-5-18(6-8-19)17-3-1-16(2-4-17)13-24(33)34-29/h5-12,14-17,32H,1-4,13H2,29H3/q+1. The van der Waals surface area contributed by atoms with Gasteiger partial charge in [-0.2, -0.15) is 19.1 Å². The number of carbonyl (C=O) groups is 1. The fourth-order valence-electron chi connectivity index (χ4n) is 4.36. The Kier molecular flexibility index (Phi) is 7.12. The zero-order valence-electron chi connectivity index (χ0n) is 18.5. The van der Waals surface area contributed by atoms with Crippen LogP contribution >= 0.6 is 0 Å². The van der Waals surface area contributed by atoms with Crippen molar-refractivity contribution in [1.29, 1.82) is 0 Å². The molecule has 0 spiro atoms. The van der Waals surface area contributed by atoms with Gasteiger partial charge in [-0.1, -0.05) is 24.3 Å². The van der Waals surface area contributed by atoms with Gasteiger partial charge in [-0.15, -0.1) is 0 Å². The van der Waals surface area contributed by atoms with Gasteiger partial charge in [0, 0.05) is 5.56 Å². The maximum absolute atomic E-state index is 12.6. The molecule has 1 fully saturated rings. The molecule has 1 aromatic carbocycles. The third-order valence-electron chi connectivity index (χ3n) is 6.25. The quantitative estimate of drug-likeness (QED) is 0.478. The second-order valence-electron chi connectivity index (χ2n) is 8.55. The number of rotatable bonds is 6. The van der Waals surface area contributed by atoms with E-state index < -0.39 is 11.9 Å². The minimum atomic E-state index is -4.46. The molecule has 0 bridgehead atoms. The number of hydrogen-bond donors (Lipinski definition) is 2. The third-order valence-corrected chi connectivity index (χ3v) is 6.25. The molecule has 0 aliphatic heterocycles. The monoisotopic (exact) mass is 471 g/mol. The van der Waals surface area contributed by atoms with Crippen LogP contribution in [0.3, 0.4) is 0 Å². The molecule has 0 atom stereocenters. The molecule has 2 aromatic heterocycles. The number of halogens is 3. The largest absolute Gasteiger partial charge is 0.433 e. The number of carbonyl (C=O) groups excluding carboxylic acids is 1. The van der Waals surface area contributed by atoms with E-state index in [1.165, 1.54) is 11.6 Å². The first-order chi connectivity index (χ1) is 16.3. The number of aromatic nitrogens is 2. The molecule has 178 valence electrons. The first-order valence-corrected chi connectivity index (χ1v) is 11.1. The molecule has 9 heteroatoms. The predicted molar refractivity (Wildman–Crippen MR) is 120 cm³/mol. The van der Waals surface area contributed by atoms with Crippen molar-refractivity contribution in [2.24, 2.45) is 5.92 Å².